The Bertz CT molecular complexity index is 342. The standard InChI is InChI=1S/C16H25N/c1-12(2)15-10-16(17(11-15)13(3)4)14-8-6-5-7-9-14/h5-9,12-13,15-16H,10-11H2,1-4H3. The van der Waals surface area contributed by atoms with E-state index in [-0.39, 0.29) is 0 Å². The normalized spacial score (nSPS) is 26.0. The van der Waals surface area contributed by atoms with Crippen molar-refractivity contribution in [2.75, 3.05) is 6.54 Å². The predicted molar refractivity (Wildman–Crippen MR) is 74.0 cm³/mol. The predicted octanol–water partition coefficient (Wildman–Crippen LogP) is 4.11. The van der Waals surface area contributed by atoms with Crippen molar-refractivity contribution in [3.05, 3.63) is 35.9 Å². The molecule has 2 atom stereocenters. The third-order valence-corrected chi connectivity index (χ3v) is 4.16. The van der Waals surface area contributed by atoms with Crippen LogP contribution in [0.3, 0.4) is 0 Å². The summed E-state index contributed by atoms with van der Waals surface area (Å²) in [7, 11) is 0. The third kappa shape index (κ3) is 2.71. The molecule has 1 heteroatoms. The van der Waals surface area contributed by atoms with Gasteiger partial charge in [-0.25, -0.2) is 0 Å². The highest BCUT2D eigenvalue weighted by Crippen LogP contribution is 2.39. The molecule has 0 aromatic heterocycles. The van der Waals surface area contributed by atoms with E-state index in [0.717, 1.165) is 11.8 Å². The second-order valence-corrected chi connectivity index (χ2v) is 5.96. The summed E-state index contributed by atoms with van der Waals surface area (Å²) < 4.78 is 0. The molecule has 2 unspecified atom stereocenters. The molecule has 0 saturated carbocycles. The molecule has 0 aliphatic carbocycles. The van der Waals surface area contributed by atoms with Crippen LogP contribution in [-0.2, 0) is 0 Å². The second kappa shape index (κ2) is 5.22. The smallest absolute Gasteiger partial charge is 0.0354 e. The Balaban J connectivity index is 2.20. The van der Waals surface area contributed by atoms with Gasteiger partial charge in [0.1, 0.15) is 0 Å². The van der Waals surface area contributed by atoms with Crippen molar-refractivity contribution in [1.82, 2.24) is 4.90 Å². The van der Waals surface area contributed by atoms with Gasteiger partial charge in [0.05, 0.1) is 0 Å². The van der Waals surface area contributed by atoms with Gasteiger partial charge >= 0.3 is 0 Å². The maximum Gasteiger partial charge on any atom is 0.0354 e. The third-order valence-electron chi connectivity index (χ3n) is 4.16. The summed E-state index contributed by atoms with van der Waals surface area (Å²) in [5.74, 6) is 1.65. The van der Waals surface area contributed by atoms with E-state index in [1.165, 1.54) is 18.5 Å². The van der Waals surface area contributed by atoms with Crippen LogP contribution in [-0.4, -0.2) is 17.5 Å². The van der Waals surface area contributed by atoms with Crippen LogP contribution in [0.2, 0.25) is 0 Å². The Labute approximate surface area is 106 Å². The van der Waals surface area contributed by atoms with Crippen molar-refractivity contribution in [1.29, 1.82) is 0 Å². The van der Waals surface area contributed by atoms with E-state index in [4.69, 9.17) is 0 Å². The molecule has 0 spiro atoms. The highest BCUT2D eigenvalue weighted by Gasteiger charge is 2.35. The molecular formula is C16H25N. The fraction of sp³-hybridized carbons (Fsp3) is 0.625. The Morgan fingerprint density at radius 3 is 2.24 bits per heavy atom. The highest BCUT2D eigenvalue weighted by molar-refractivity contribution is 5.20. The van der Waals surface area contributed by atoms with Crippen LogP contribution < -0.4 is 0 Å². The van der Waals surface area contributed by atoms with Crippen LogP contribution in [0, 0.1) is 11.8 Å². The SMILES string of the molecule is CC(C)C1CC(c2ccccc2)N(C(C)C)C1. The zero-order chi connectivity index (χ0) is 12.4. The van der Waals surface area contributed by atoms with Gasteiger partial charge < -0.3 is 0 Å². The van der Waals surface area contributed by atoms with Gasteiger partial charge in [-0.15, -0.1) is 0 Å². The largest absolute Gasteiger partial charge is 0.294 e. The van der Waals surface area contributed by atoms with E-state index in [1.54, 1.807) is 0 Å². The first-order chi connectivity index (χ1) is 8.09. The number of hydrogen-bond donors (Lipinski definition) is 0. The second-order valence-electron chi connectivity index (χ2n) is 5.96. The monoisotopic (exact) mass is 231 g/mol. The number of likely N-dealkylation sites (tertiary alicyclic amines) is 1. The highest BCUT2D eigenvalue weighted by atomic mass is 15.2. The number of benzene rings is 1. The quantitative estimate of drug-likeness (QED) is 0.756. The molecule has 1 fully saturated rings. The molecule has 1 heterocycles. The van der Waals surface area contributed by atoms with E-state index < -0.39 is 0 Å². The summed E-state index contributed by atoms with van der Waals surface area (Å²) in [5, 5.41) is 0. The summed E-state index contributed by atoms with van der Waals surface area (Å²) in [6.45, 7) is 10.6. The van der Waals surface area contributed by atoms with Crippen molar-refractivity contribution in [3.8, 4) is 0 Å². The lowest BCUT2D eigenvalue weighted by Gasteiger charge is -2.28. The molecule has 0 N–H and O–H groups in total. The summed E-state index contributed by atoms with van der Waals surface area (Å²) in [5.41, 5.74) is 1.49. The summed E-state index contributed by atoms with van der Waals surface area (Å²) in [6, 6.07) is 12.3. The number of rotatable bonds is 3. The van der Waals surface area contributed by atoms with Crippen LogP contribution in [0.25, 0.3) is 0 Å². The van der Waals surface area contributed by atoms with E-state index in [0.29, 0.717) is 12.1 Å². The average molecular weight is 231 g/mol. The molecule has 2 rings (SSSR count). The molecule has 1 aliphatic rings. The van der Waals surface area contributed by atoms with Crippen molar-refractivity contribution in [2.24, 2.45) is 11.8 Å². The minimum Gasteiger partial charge on any atom is -0.294 e. The van der Waals surface area contributed by atoms with Gasteiger partial charge in [-0.05, 0) is 37.7 Å². The topological polar surface area (TPSA) is 3.24 Å². The van der Waals surface area contributed by atoms with Gasteiger partial charge in [-0.2, -0.15) is 0 Å². The number of hydrogen-bond acceptors (Lipinski definition) is 1. The van der Waals surface area contributed by atoms with Gasteiger partial charge in [0.15, 0.2) is 0 Å². The van der Waals surface area contributed by atoms with Crippen molar-refractivity contribution >= 4 is 0 Å². The summed E-state index contributed by atoms with van der Waals surface area (Å²) in [6.07, 6.45) is 1.32. The van der Waals surface area contributed by atoms with Crippen molar-refractivity contribution < 1.29 is 0 Å². The minimum absolute atomic E-state index is 0.628. The van der Waals surface area contributed by atoms with Crippen LogP contribution >= 0.6 is 0 Å². The average Bonchev–Trinajstić information content (AvgIpc) is 2.75. The molecule has 94 valence electrons. The molecule has 1 nitrogen and oxygen atoms in total. The van der Waals surface area contributed by atoms with Gasteiger partial charge in [-0.1, -0.05) is 44.2 Å². The maximum absolute atomic E-state index is 2.67. The van der Waals surface area contributed by atoms with E-state index in [9.17, 15) is 0 Å². The first kappa shape index (κ1) is 12.6. The van der Waals surface area contributed by atoms with Crippen LogP contribution in [0.1, 0.15) is 45.7 Å². The van der Waals surface area contributed by atoms with Crippen LogP contribution in [0.15, 0.2) is 30.3 Å². The summed E-state index contributed by atoms with van der Waals surface area (Å²) in [4.78, 5) is 2.67. The van der Waals surface area contributed by atoms with Crippen molar-refractivity contribution in [2.45, 2.75) is 46.2 Å². The lowest BCUT2D eigenvalue weighted by Crippen LogP contribution is -2.31. The first-order valence-electron chi connectivity index (χ1n) is 6.90. The van der Waals surface area contributed by atoms with Crippen LogP contribution in [0.4, 0.5) is 0 Å². The maximum atomic E-state index is 2.67. The molecule has 1 aliphatic heterocycles. The van der Waals surface area contributed by atoms with Gasteiger partial charge in [0.2, 0.25) is 0 Å². The lowest BCUT2D eigenvalue weighted by molar-refractivity contribution is 0.198. The zero-order valence-electron chi connectivity index (χ0n) is 11.6. The Morgan fingerprint density at radius 2 is 1.71 bits per heavy atom. The minimum atomic E-state index is 0.628. The van der Waals surface area contributed by atoms with Gasteiger partial charge in [0, 0.05) is 18.6 Å². The lowest BCUT2D eigenvalue weighted by atomic mass is 9.91. The van der Waals surface area contributed by atoms with Gasteiger partial charge in [-0.3, -0.25) is 4.90 Å². The van der Waals surface area contributed by atoms with E-state index in [2.05, 4.69) is 62.9 Å². The zero-order valence-corrected chi connectivity index (χ0v) is 11.6. The molecule has 1 aromatic carbocycles. The fourth-order valence-electron chi connectivity index (χ4n) is 2.95. The molecule has 0 bridgehead atoms. The number of nitrogens with zero attached hydrogens (tertiary/aromatic N) is 1. The first-order valence-corrected chi connectivity index (χ1v) is 6.90. The molecule has 1 saturated heterocycles. The molecular weight excluding hydrogens is 206 g/mol. The summed E-state index contributed by atoms with van der Waals surface area (Å²) >= 11 is 0. The fourth-order valence-corrected chi connectivity index (χ4v) is 2.95. The van der Waals surface area contributed by atoms with E-state index in [1.807, 2.05) is 0 Å². The molecule has 0 radical (unpaired) electrons. The Kier molecular flexibility index (Phi) is 3.88. The molecule has 1 aromatic rings. The molecule has 17 heavy (non-hydrogen) atoms. The van der Waals surface area contributed by atoms with Crippen LogP contribution in [0.5, 0.6) is 0 Å². The van der Waals surface area contributed by atoms with Gasteiger partial charge in [0.25, 0.3) is 0 Å². The molecule has 0 amide bonds. The van der Waals surface area contributed by atoms with E-state index >= 15 is 0 Å². The Morgan fingerprint density at radius 1 is 1.06 bits per heavy atom. The van der Waals surface area contributed by atoms with Crippen molar-refractivity contribution in [3.63, 3.8) is 0 Å². The Hall–Kier alpha value is -0.820.